The zero-order valence-corrected chi connectivity index (χ0v) is 20.9. The van der Waals surface area contributed by atoms with Crippen LogP contribution in [0.2, 0.25) is 10.0 Å². The summed E-state index contributed by atoms with van der Waals surface area (Å²) in [6.07, 6.45) is 0. The van der Waals surface area contributed by atoms with Gasteiger partial charge in [-0.3, -0.25) is 4.79 Å². The number of hydrogen-bond acceptors (Lipinski definition) is 5. The van der Waals surface area contributed by atoms with Crippen molar-refractivity contribution in [2.75, 3.05) is 44.4 Å². The number of benzene rings is 3. The lowest BCUT2D eigenvalue weighted by Gasteiger charge is -2.18. The van der Waals surface area contributed by atoms with Crippen molar-refractivity contribution in [3.8, 4) is 11.1 Å². The number of aromatic nitrogens is 1. The molecule has 0 spiro atoms. The molecule has 0 unspecified atom stereocenters. The first-order valence-corrected chi connectivity index (χ1v) is 12.0. The van der Waals surface area contributed by atoms with Gasteiger partial charge in [0.15, 0.2) is 5.13 Å². The van der Waals surface area contributed by atoms with Crippen molar-refractivity contribution >= 4 is 61.5 Å². The van der Waals surface area contributed by atoms with Crippen molar-refractivity contribution in [3.05, 3.63) is 76.3 Å². The van der Waals surface area contributed by atoms with Crippen LogP contribution in [-0.4, -0.2) is 50.0 Å². The molecule has 8 heteroatoms. The third-order valence-electron chi connectivity index (χ3n) is 5.23. The number of carbonyl (C=O) groups excluding carboxylic acids is 1. The molecular weight excluding hydrogens is 475 g/mol. The number of halogens is 2. The highest BCUT2D eigenvalue weighted by molar-refractivity contribution is 7.22. The molecule has 1 N–H and O–H groups in total. The van der Waals surface area contributed by atoms with Gasteiger partial charge in [0.25, 0.3) is 5.91 Å². The third kappa shape index (κ3) is 5.65. The lowest BCUT2D eigenvalue weighted by atomic mass is 10.0. The summed E-state index contributed by atoms with van der Waals surface area (Å²) in [5.74, 6) is -0.170. The lowest BCUT2D eigenvalue weighted by molar-refractivity contribution is 0.102. The zero-order valence-electron chi connectivity index (χ0n) is 18.6. The molecule has 33 heavy (non-hydrogen) atoms. The summed E-state index contributed by atoms with van der Waals surface area (Å²) in [7, 11) is 6.16. The smallest absolute Gasteiger partial charge is 0.255 e. The minimum absolute atomic E-state index is 0.170. The van der Waals surface area contributed by atoms with Crippen molar-refractivity contribution in [2.24, 2.45) is 0 Å². The van der Waals surface area contributed by atoms with E-state index in [0.29, 0.717) is 15.6 Å². The fraction of sp³-hybridized carbons (Fsp3) is 0.200. The molecule has 0 fully saturated rings. The normalized spacial score (nSPS) is 11.2. The molecule has 4 aromatic rings. The summed E-state index contributed by atoms with van der Waals surface area (Å²) in [6, 6.07) is 18.5. The van der Waals surface area contributed by atoms with E-state index < -0.39 is 0 Å². The summed E-state index contributed by atoms with van der Waals surface area (Å²) < 4.78 is 1.03. The van der Waals surface area contributed by atoms with Gasteiger partial charge in [0.05, 0.1) is 10.2 Å². The Morgan fingerprint density at radius 2 is 1.73 bits per heavy atom. The Bertz CT molecular complexity index is 1290. The van der Waals surface area contributed by atoms with Crippen LogP contribution in [0, 0.1) is 0 Å². The van der Waals surface area contributed by atoms with E-state index in [0.717, 1.165) is 45.3 Å². The zero-order chi connectivity index (χ0) is 23.5. The Balaban J connectivity index is 1.47. The molecule has 1 aromatic heterocycles. The van der Waals surface area contributed by atoms with Gasteiger partial charge >= 0.3 is 0 Å². The second-order valence-electron chi connectivity index (χ2n) is 8.06. The topological polar surface area (TPSA) is 48.5 Å². The van der Waals surface area contributed by atoms with Crippen molar-refractivity contribution < 1.29 is 4.79 Å². The van der Waals surface area contributed by atoms with Gasteiger partial charge in [-0.1, -0.05) is 52.7 Å². The highest BCUT2D eigenvalue weighted by Crippen LogP contribution is 2.32. The number of amides is 1. The number of thiazole rings is 1. The van der Waals surface area contributed by atoms with E-state index in [1.807, 2.05) is 43.4 Å². The molecule has 3 aromatic carbocycles. The van der Waals surface area contributed by atoms with E-state index in [2.05, 4.69) is 29.2 Å². The number of likely N-dealkylation sites (N-methyl/N-ethyl adjacent to an activating group) is 2. The molecule has 0 atom stereocenters. The average molecular weight is 499 g/mol. The summed E-state index contributed by atoms with van der Waals surface area (Å²) in [5, 5.41) is 5.11. The van der Waals surface area contributed by atoms with E-state index >= 15 is 0 Å². The van der Waals surface area contributed by atoms with Crippen molar-refractivity contribution in [1.82, 2.24) is 9.88 Å². The van der Waals surface area contributed by atoms with Crippen LogP contribution >= 0.6 is 34.5 Å². The average Bonchev–Trinajstić information content (AvgIpc) is 3.21. The van der Waals surface area contributed by atoms with Crippen molar-refractivity contribution in [1.29, 1.82) is 0 Å². The van der Waals surface area contributed by atoms with Gasteiger partial charge < -0.3 is 15.1 Å². The van der Waals surface area contributed by atoms with Crippen LogP contribution in [0.15, 0.2) is 60.7 Å². The standard InChI is InChI=1S/C25H24Cl2N4OS/c1-30(2)12-13-31(3)25-29-22-11-9-19(15-23(22)33-25)28-24(32)17-6-4-16(5-7-17)20-10-8-18(26)14-21(20)27/h4-11,14-15H,12-13H2,1-3H3,(H,28,32). The minimum Gasteiger partial charge on any atom is -0.350 e. The number of nitrogens with zero attached hydrogens (tertiary/aromatic N) is 3. The number of hydrogen-bond donors (Lipinski definition) is 1. The minimum atomic E-state index is -0.170. The Kier molecular flexibility index (Phi) is 7.20. The number of fused-ring (bicyclic) bond motifs is 1. The Morgan fingerprint density at radius 1 is 0.970 bits per heavy atom. The van der Waals surface area contributed by atoms with Crippen LogP contribution in [0.3, 0.4) is 0 Å². The Labute approximate surface area is 207 Å². The van der Waals surface area contributed by atoms with Crippen LogP contribution in [0.4, 0.5) is 10.8 Å². The number of carbonyl (C=O) groups is 1. The highest BCUT2D eigenvalue weighted by atomic mass is 35.5. The first-order chi connectivity index (χ1) is 15.8. The van der Waals surface area contributed by atoms with Gasteiger partial charge in [-0.05, 0) is 62.1 Å². The molecule has 4 rings (SSSR count). The summed E-state index contributed by atoms with van der Waals surface area (Å²) in [4.78, 5) is 21.8. The maximum absolute atomic E-state index is 12.8. The van der Waals surface area contributed by atoms with Gasteiger partial charge in [-0.2, -0.15) is 0 Å². The second-order valence-corrected chi connectivity index (χ2v) is 9.91. The number of rotatable bonds is 7. The fourth-order valence-electron chi connectivity index (χ4n) is 3.33. The lowest BCUT2D eigenvalue weighted by Crippen LogP contribution is -2.28. The molecule has 170 valence electrons. The molecule has 0 radical (unpaired) electrons. The fourth-order valence-corrected chi connectivity index (χ4v) is 4.84. The molecule has 0 aliphatic carbocycles. The molecule has 0 bridgehead atoms. The van der Waals surface area contributed by atoms with E-state index in [1.54, 1.807) is 35.6 Å². The van der Waals surface area contributed by atoms with Crippen LogP contribution in [-0.2, 0) is 0 Å². The molecule has 5 nitrogen and oxygen atoms in total. The first kappa shape index (κ1) is 23.5. The van der Waals surface area contributed by atoms with Crippen LogP contribution in [0.5, 0.6) is 0 Å². The third-order valence-corrected chi connectivity index (χ3v) is 6.91. The molecule has 1 heterocycles. The van der Waals surface area contributed by atoms with Crippen LogP contribution in [0.1, 0.15) is 10.4 Å². The van der Waals surface area contributed by atoms with Crippen LogP contribution < -0.4 is 10.2 Å². The van der Waals surface area contributed by atoms with Crippen LogP contribution in [0.25, 0.3) is 21.3 Å². The van der Waals surface area contributed by atoms with Gasteiger partial charge in [-0.25, -0.2) is 4.98 Å². The maximum Gasteiger partial charge on any atom is 0.255 e. The number of anilines is 2. The van der Waals surface area contributed by atoms with Gasteiger partial charge in [0, 0.05) is 47.0 Å². The van der Waals surface area contributed by atoms with E-state index in [4.69, 9.17) is 28.2 Å². The van der Waals surface area contributed by atoms with Crippen molar-refractivity contribution in [3.63, 3.8) is 0 Å². The number of nitrogens with one attached hydrogen (secondary N) is 1. The van der Waals surface area contributed by atoms with Gasteiger partial charge in [-0.15, -0.1) is 0 Å². The molecule has 0 aliphatic rings. The van der Waals surface area contributed by atoms with Gasteiger partial charge in [0.2, 0.25) is 0 Å². The Hall–Kier alpha value is -2.64. The Morgan fingerprint density at radius 3 is 2.42 bits per heavy atom. The molecular formula is C25H24Cl2N4OS. The SMILES string of the molecule is CN(C)CCN(C)c1nc2ccc(NC(=O)c3ccc(-c4ccc(Cl)cc4Cl)cc3)cc2s1. The monoisotopic (exact) mass is 498 g/mol. The largest absolute Gasteiger partial charge is 0.350 e. The van der Waals surface area contributed by atoms with E-state index in [1.165, 1.54) is 0 Å². The quantitative estimate of drug-likeness (QED) is 0.315. The first-order valence-electron chi connectivity index (χ1n) is 10.4. The van der Waals surface area contributed by atoms with E-state index in [-0.39, 0.29) is 5.91 Å². The summed E-state index contributed by atoms with van der Waals surface area (Å²) in [5.41, 5.74) is 4.02. The molecule has 0 saturated heterocycles. The van der Waals surface area contributed by atoms with Crippen molar-refractivity contribution in [2.45, 2.75) is 0 Å². The molecule has 0 aliphatic heterocycles. The molecule has 1 amide bonds. The summed E-state index contributed by atoms with van der Waals surface area (Å²) >= 11 is 13.9. The van der Waals surface area contributed by atoms with E-state index in [9.17, 15) is 4.79 Å². The van der Waals surface area contributed by atoms with Gasteiger partial charge in [0.1, 0.15) is 0 Å². The molecule has 0 saturated carbocycles. The highest BCUT2D eigenvalue weighted by Gasteiger charge is 2.12. The summed E-state index contributed by atoms with van der Waals surface area (Å²) in [6.45, 7) is 1.85. The second kappa shape index (κ2) is 10.1. The predicted octanol–water partition coefficient (Wildman–Crippen LogP) is 6.52. The predicted molar refractivity (Wildman–Crippen MR) is 141 cm³/mol. The maximum atomic E-state index is 12.8.